The molecule has 3 heteroatoms. The predicted octanol–water partition coefficient (Wildman–Crippen LogP) is 2.82. The van der Waals surface area contributed by atoms with E-state index in [9.17, 15) is 0 Å². The monoisotopic (exact) mass is 200 g/mol. The standard InChI is InChI=1S/C12H12N2O/c1-7-11(13)10-8-5-3-4-6-9(8)14(2)12(10)15-7/h3-6H,13H2,1-2H3. The number of furan rings is 1. The van der Waals surface area contributed by atoms with E-state index in [1.54, 1.807) is 0 Å². The molecule has 2 heterocycles. The highest BCUT2D eigenvalue weighted by Gasteiger charge is 2.16. The Kier molecular flexibility index (Phi) is 1.44. The van der Waals surface area contributed by atoms with E-state index in [0.29, 0.717) is 0 Å². The summed E-state index contributed by atoms with van der Waals surface area (Å²) < 4.78 is 7.69. The zero-order valence-electron chi connectivity index (χ0n) is 8.74. The molecule has 0 aliphatic carbocycles. The van der Waals surface area contributed by atoms with Crippen LogP contribution >= 0.6 is 0 Å². The van der Waals surface area contributed by atoms with Gasteiger partial charge in [-0.2, -0.15) is 0 Å². The quantitative estimate of drug-likeness (QED) is 0.606. The van der Waals surface area contributed by atoms with Crippen molar-refractivity contribution in [2.24, 2.45) is 7.05 Å². The Morgan fingerprint density at radius 3 is 2.80 bits per heavy atom. The van der Waals surface area contributed by atoms with E-state index >= 15 is 0 Å². The van der Waals surface area contributed by atoms with Gasteiger partial charge >= 0.3 is 0 Å². The SMILES string of the molecule is Cc1oc2c(c1N)c1ccccc1n2C. The molecule has 0 bridgehead atoms. The predicted molar refractivity (Wildman–Crippen MR) is 61.8 cm³/mol. The van der Waals surface area contributed by atoms with Crippen molar-refractivity contribution in [1.29, 1.82) is 0 Å². The molecule has 0 radical (unpaired) electrons. The van der Waals surface area contributed by atoms with Crippen LogP contribution in [-0.2, 0) is 7.05 Å². The highest BCUT2D eigenvalue weighted by molar-refractivity contribution is 6.12. The van der Waals surface area contributed by atoms with Gasteiger partial charge in [-0.1, -0.05) is 18.2 Å². The van der Waals surface area contributed by atoms with Crippen molar-refractivity contribution in [3.05, 3.63) is 30.0 Å². The van der Waals surface area contributed by atoms with Gasteiger partial charge < -0.3 is 14.7 Å². The first kappa shape index (κ1) is 8.41. The molecule has 0 saturated carbocycles. The van der Waals surface area contributed by atoms with Crippen molar-refractivity contribution in [1.82, 2.24) is 4.57 Å². The minimum absolute atomic E-state index is 0.752. The maximum Gasteiger partial charge on any atom is 0.210 e. The largest absolute Gasteiger partial charge is 0.443 e. The molecule has 1 aromatic carbocycles. The number of aromatic nitrogens is 1. The summed E-state index contributed by atoms with van der Waals surface area (Å²) in [6, 6.07) is 8.18. The van der Waals surface area contributed by atoms with Crippen LogP contribution in [0.2, 0.25) is 0 Å². The smallest absolute Gasteiger partial charge is 0.210 e. The van der Waals surface area contributed by atoms with Gasteiger partial charge in [-0.05, 0) is 13.0 Å². The Morgan fingerprint density at radius 1 is 1.27 bits per heavy atom. The summed E-state index contributed by atoms with van der Waals surface area (Å²) in [7, 11) is 1.99. The Bertz CT molecular complexity index is 661. The Balaban J connectivity index is 2.68. The fourth-order valence-electron chi connectivity index (χ4n) is 2.13. The lowest BCUT2D eigenvalue weighted by molar-refractivity contribution is 0.556. The highest BCUT2D eigenvalue weighted by atomic mass is 16.3. The average Bonchev–Trinajstić information content (AvgIpc) is 2.68. The van der Waals surface area contributed by atoms with Gasteiger partial charge in [0.2, 0.25) is 5.71 Å². The Morgan fingerprint density at radius 2 is 2.00 bits per heavy atom. The van der Waals surface area contributed by atoms with E-state index < -0.39 is 0 Å². The molecule has 2 N–H and O–H groups in total. The van der Waals surface area contributed by atoms with Crippen LogP contribution in [-0.4, -0.2) is 4.57 Å². The van der Waals surface area contributed by atoms with Gasteiger partial charge in [0.05, 0.1) is 16.6 Å². The molecule has 15 heavy (non-hydrogen) atoms. The summed E-state index contributed by atoms with van der Waals surface area (Å²) in [6.07, 6.45) is 0. The number of fused-ring (bicyclic) bond motifs is 3. The summed E-state index contributed by atoms with van der Waals surface area (Å²) >= 11 is 0. The molecule has 3 nitrogen and oxygen atoms in total. The maximum atomic E-state index is 6.01. The third kappa shape index (κ3) is 0.897. The summed E-state index contributed by atoms with van der Waals surface area (Å²) in [4.78, 5) is 0. The molecule has 0 saturated heterocycles. The summed E-state index contributed by atoms with van der Waals surface area (Å²) in [5.41, 5.74) is 8.77. The summed E-state index contributed by atoms with van der Waals surface area (Å²) in [5.74, 6) is 0.793. The highest BCUT2D eigenvalue weighted by Crippen LogP contribution is 2.35. The second kappa shape index (κ2) is 2.57. The first-order valence-electron chi connectivity index (χ1n) is 4.92. The average molecular weight is 200 g/mol. The van der Waals surface area contributed by atoms with Gasteiger partial charge in [0.1, 0.15) is 5.76 Å². The minimum atomic E-state index is 0.752. The Hall–Kier alpha value is -1.90. The lowest BCUT2D eigenvalue weighted by Crippen LogP contribution is -1.85. The number of anilines is 1. The minimum Gasteiger partial charge on any atom is -0.443 e. The van der Waals surface area contributed by atoms with Crippen LogP contribution in [0.3, 0.4) is 0 Å². The maximum absolute atomic E-state index is 6.01. The van der Waals surface area contributed by atoms with E-state index in [4.69, 9.17) is 10.2 Å². The van der Waals surface area contributed by atoms with E-state index in [1.807, 2.05) is 30.7 Å². The van der Waals surface area contributed by atoms with Gasteiger partial charge in [-0.25, -0.2) is 0 Å². The van der Waals surface area contributed by atoms with Crippen LogP contribution in [0.4, 0.5) is 5.69 Å². The van der Waals surface area contributed by atoms with Gasteiger partial charge in [-0.15, -0.1) is 0 Å². The molecular formula is C12H12N2O. The molecule has 3 rings (SSSR count). The van der Waals surface area contributed by atoms with Gasteiger partial charge in [0, 0.05) is 12.4 Å². The van der Waals surface area contributed by atoms with Gasteiger partial charge in [0.25, 0.3) is 0 Å². The molecule has 0 amide bonds. The number of nitrogens with zero attached hydrogens (tertiary/aromatic N) is 1. The number of benzene rings is 1. The van der Waals surface area contributed by atoms with Crippen molar-refractivity contribution in [2.75, 3.05) is 5.73 Å². The first-order valence-corrected chi connectivity index (χ1v) is 4.92. The topological polar surface area (TPSA) is 44.1 Å². The number of rotatable bonds is 0. The second-order valence-corrected chi connectivity index (χ2v) is 3.83. The van der Waals surface area contributed by atoms with Gasteiger partial charge in [0.15, 0.2) is 0 Å². The fourth-order valence-corrected chi connectivity index (χ4v) is 2.13. The van der Waals surface area contributed by atoms with E-state index in [0.717, 1.165) is 33.5 Å². The van der Waals surface area contributed by atoms with Crippen LogP contribution in [0.15, 0.2) is 28.7 Å². The van der Waals surface area contributed by atoms with Crippen molar-refractivity contribution in [3.63, 3.8) is 0 Å². The number of nitrogen functional groups attached to an aromatic ring is 1. The van der Waals surface area contributed by atoms with Crippen LogP contribution < -0.4 is 5.73 Å². The first-order chi connectivity index (χ1) is 7.20. The van der Waals surface area contributed by atoms with E-state index in [2.05, 4.69) is 12.1 Å². The number of para-hydroxylation sites is 1. The van der Waals surface area contributed by atoms with Crippen LogP contribution in [0.25, 0.3) is 22.0 Å². The number of hydrogen-bond acceptors (Lipinski definition) is 2. The summed E-state index contributed by atoms with van der Waals surface area (Å²) in [5, 5.41) is 2.19. The number of nitrogens with two attached hydrogens (primary N) is 1. The third-order valence-corrected chi connectivity index (χ3v) is 2.95. The zero-order valence-corrected chi connectivity index (χ0v) is 8.74. The third-order valence-electron chi connectivity index (χ3n) is 2.95. The fraction of sp³-hybridized carbons (Fsp3) is 0.167. The normalized spacial score (nSPS) is 11.6. The lowest BCUT2D eigenvalue weighted by atomic mass is 10.2. The van der Waals surface area contributed by atoms with Crippen molar-refractivity contribution >= 4 is 27.7 Å². The van der Waals surface area contributed by atoms with Crippen molar-refractivity contribution < 1.29 is 4.42 Å². The van der Waals surface area contributed by atoms with E-state index in [1.165, 1.54) is 0 Å². The molecular weight excluding hydrogens is 188 g/mol. The number of aryl methyl sites for hydroxylation is 2. The van der Waals surface area contributed by atoms with Crippen LogP contribution in [0.1, 0.15) is 5.76 Å². The summed E-state index contributed by atoms with van der Waals surface area (Å²) in [6.45, 7) is 1.89. The second-order valence-electron chi connectivity index (χ2n) is 3.83. The van der Waals surface area contributed by atoms with Crippen LogP contribution in [0.5, 0.6) is 0 Å². The Labute approximate surface area is 87.1 Å². The molecule has 2 aromatic heterocycles. The van der Waals surface area contributed by atoms with Crippen molar-refractivity contribution in [3.8, 4) is 0 Å². The molecule has 0 unspecified atom stereocenters. The molecule has 0 atom stereocenters. The van der Waals surface area contributed by atoms with Crippen molar-refractivity contribution in [2.45, 2.75) is 6.92 Å². The zero-order chi connectivity index (χ0) is 10.6. The molecule has 0 spiro atoms. The van der Waals surface area contributed by atoms with E-state index in [-0.39, 0.29) is 0 Å². The molecule has 0 fully saturated rings. The van der Waals surface area contributed by atoms with Crippen LogP contribution in [0, 0.1) is 6.92 Å². The molecule has 76 valence electrons. The molecule has 3 aromatic rings. The lowest BCUT2D eigenvalue weighted by Gasteiger charge is -1.95. The number of hydrogen-bond donors (Lipinski definition) is 1. The molecule has 0 aliphatic heterocycles. The van der Waals surface area contributed by atoms with Gasteiger partial charge in [-0.3, -0.25) is 0 Å². The molecule has 0 aliphatic rings.